The van der Waals surface area contributed by atoms with Crippen molar-refractivity contribution in [2.75, 3.05) is 13.1 Å². The number of carbonyl (C=O) groups is 2. The molecule has 0 fully saturated rings. The Kier molecular flexibility index (Phi) is 8.02. The average molecular weight is 172 g/mol. The van der Waals surface area contributed by atoms with Crippen molar-refractivity contribution >= 4 is 41.5 Å². The van der Waals surface area contributed by atoms with Crippen LogP contribution in [-0.2, 0) is 9.59 Å². The van der Waals surface area contributed by atoms with E-state index >= 15 is 0 Å². The number of aliphatic carboxylic acids is 2. The van der Waals surface area contributed by atoms with E-state index in [-0.39, 0.29) is 29.6 Å². The van der Waals surface area contributed by atoms with Gasteiger partial charge >= 0.3 is 41.5 Å². The van der Waals surface area contributed by atoms with Crippen LogP contribution >= 0.6 is 0 Å². The Balaban J connectivity index is 0. The monoisotopic (exact) mass is 172 g/mol. The molecule has 0 saturated carbocycles. The quantitative estimate of drug-likeness (QED) is 0.250. The molecule has 0 aromatic carbocycles. The van der Waals surface area contributed by atoms with Crippen molar-refractivity contribution in [3.8, 4) is 0 Å². The van der Waals surface area contributed by atoms with Crippen molar-refractivity contribution in [2.24, 2.45) is 5.84 Å². The first kappa shape index (κ1) is 13.4. The SMILES string of the molecule is NN(CC(=O)O)CC(=O)O.[NaH]. The van der Waals surface area contributed by atoms with Gasteiger partial charge in [-0.05, 0) is 0 Å². The molecule has 0 heterocycles. The van der Waals surface area contributed by atoms with Crippen LogP contribution in [-0.4, -0.2) is 69.8 Å². The number of carboxylic acid groups (broad SMARTS) is 2. The number of nitrogens with two attached hydrogens (primary N) is 1. The van der Waals surface area contributed by atoms with Crippen LogP contribution in [0.15, 0.2) is 0 Å². The summed E-state index contributed by atoms with van der Waals surface area (Å²) in [6.07, 6.45) is 0. The van der Waals surface area contributed by atoms with Gasteiger partial charge in [0, 0.05) is 0 Å². The number of carboxylic acids is 2. The summed E-state index contributed by atoms with van der Waals surface area (Å²) in [5, 5.41) is 16.9. The molecule has 6 nitrogen and oxygen atoms in total. The van der Waals surface area contributed by atoms with Crippen LogP contribution in [0.5, 0.6) is 0 Å². The molecule has 0 radical (unpaired) electrons. The van der Waals surface area contributed by atoms with Crippen molar-refractivity contribution in [3.05, 3.63) is 0 Å². The van der Waals surface area contributed by atoms with E-state index in [4.69, 9.17) is 16.1 Å². The number of hydrogen-bond acceptors (Lipinski definition) is 4. The molecule has 0 unspecified atom stereocenters. The zero-order chi connectivity index (χ0) is 8.15. The summed E-state index contributed by atoms with van der Waals surface area (Å²) in [6, 6.07) is 0. The summed E-state index contributed by atoms with van der Waals surface area (Å²) in [6.45, 7) is -0.932. The Morgan fingerprint density at radius 2 is 1.45 bits per heavy atom. The van der Waals surface area contributed by atoms with Crippen molar-refractivity contribution < 1.29 is 19.8 Å². The Morgan fingerprint density at radius 1 is 1.18 bits per heavy atom. The number of hydrazine groups is 1. The fourth-order valence-corrected chi connectivity index (χ4v) is 0.403. The molecule has 0 bridgehead atoms. The summed E-state index contributed by atoms with van der Waals surface area (Å²) in [5.41, 5.74) is 0. The molecule has 0 aromatic heterocycles. The maximum atomic E-state index is 9.88. The van der Waals surface area contributed by atoms with Crippen LogP contribution in [0, 0.1) is 0 Å². The summed E-state index contributed by atoms with van der Waals surface area (Å²) < 4.78 is 0. The standard InChI is InChI=1S/C4H8N2O4.Na.H/c5-6(1-3(7)8)2-4(9)10;;/h1-2,5H2,(H,7,8)(H,9,10);;. The van der Waals surface area contributed by atoms with Gasteiger partial charge in [-0.1, -0.05) is 0 Å². The van der Waals surface area contributed by atoms with E-state index in [1.165, 1.54) is 0 Å². The summed E-state index contributed by atoms with van der Waals surface area (Å²) in [5.74, 6) is 2.65. The molecule has 7 heteroatoms. The van der Waals surface area contributed by atoms with Gasteiger partial charge in [-0.25, -0.2) is 5.01 Å². The zero-order valence-corrected chi connectivity index (χ0v) is 5.15. The van der Waals surface area contributed by atoms with Crippen LogP contribution in [0.3, 0.4) is 0 Å². The third-order valence-electron chi connectivity index (χ3n) is 0.677. The van der Waals surface area contributed by atoms with Gasteiger partial charge in [0.2, 0.25) is 0 Å². The van der Waals surface area contributed by atoms with Gasteiger partial charge in [0.15, 0.2) is 0 Å². The minimum absolute atomic E-state index is 0. The average Bonchev–Trinajstić information content (AvgIpc) is 1.58. The van der Waals surface area contributed by atoms with Crippen molar-refractivity contribution in [1.82, 2.24) is 5.01 Å². The Hall–Kier alpha value is -0.140. The molecule has 0 amide bonds. The number of rotatable bonds is 4. The molecule has 60 valence electrons. The normalized spacial score (nSPS) is 8.91. The molecule has 0 rings (SSSR count). The summed E-state index contributed by atoms with van der Waals surface area (Å²) in [7, 11) is 0. The van der Waals surface area contributed by atoms with E-state index in [1.54, 1.807) is 0 Å². The van der Waals surface area contributed by atoms with E-state index in [0.29, 0.717) is 5.01 Å². The molecule has 0 atom stereocenters. The van der Waals surface area contributed by atoms with Gasteiger partial charge < -0.3 is 10.2 Å². The molecule has 0 aliphatic rings. The first-order valence-electron chi connectivity index (χ1n) is 2.45. The van der Waals surface area contributed by atoms with Gasteiger partial charge in [0.05, 0.1) is 0 Å². The molecule has 0 aliphatic heterocycles. The first-order valence-corrected chi connectivity index (χ1v) is 2.45. The Labute approximate surface area is 85.2 Å². The predicted octanol–water partition coefficient (Wildman–Crippen LogP) is -2.32. The van der Waals surface area contributed by atoms with Crippen molar-refractivity contribution in [1.29, 1.82) is 0 Å². The summed E-state index contributed by atoms with van der Waals surface area (Å²) in [4.78, 5) is 19.8. The van der Waals surface area contributed by atoms with E-state index in [2.05, 4.69) is 0 Å². The molecule has 0 saturated heterocycles. The third-order valence-corrected chi connectivity index (χ3v) is 0.677. The van der Waals surface area contributed by atoms with Gasteiger partial charge in [-0.15, -0.1) is 0 Å². The van der Waals surface area contributed by atoms with Crippen LogP contribution in [0.25, 0.3) is 0 Å². The fourth-order valence-electron chi connectivity index (χ4n) is 0.403. The molecule has 0 aromatic rings. The number of hydrogen-bond donors (Lipinski definition) is 3. The second-order valence-electron chi connectivity index (χ2n) is 1.69. The van der Waals surface area contributed by atoms with Crippen LogP contribution in [0.4, 0.5) is 0 Å². The van der Waals surface area contributed by atoms with Gasteiger partial charge in [-0.3, -0.25) is 15.4 Å². The Bertz CT molecular complexity index is 135. The summed E-state index contributed by atoms with van der Waals surface area (Å²) >= 11 is 0. The first-order chi connectivity index (χ1) is 4.52. The molecule has 4 N–H and O–H groups in total. The van der Waals surface area contributed by atoms with E-state index < -0.39 is 25.0 Å². The molecular formula is C4H9N2NaO4. The van der Waals surface area contributed by atoms with Crippen molar-refractivity contribution in [2.45, 2.75) is 0 Å². The fraction of sp³-hybridized carbons (Fsp3) is 0.500. The second kappa shape index (κ2) is 6.56. The molecule has 0 spiro atoms. The van der Waals surface area contributed by atoms with Crippen LogP contribution in [0.1, 0.15) is 0 Å². The predicted molar refractivity (Wildman–Crippen MR) is 38.2 cm³/mol. The Morgan fingerprint density at radius 3 is 1.64 bits per heavy atom. The third kappa shape index (κ3) is 9.86. The van der Waals surface area contributed by atoms with Gasteiger partial charge in [0.1, 0.15) is 13.1 Å². The zero-order valence-electron chi connectivity index (χ0n) is 5.15. The van der Waals surface area contributed by atoms with E-state index in [1.807, 2.05) is 0 Å². The van der Waals surface area contributed by atoms with Crippen LogP contribution in [0.2, 0.25) is 0 Å². The molecule has 0 aliphatic carbocycles. The molecular weight excluding hydrogens is 163 g/mol. The van der Waals surface area contributed by atoms with Crippen molar-refractivity contribution in [3.63, 3.8) is 0 Å². The van der Waals surface area contributed by atoms with E-state index in [9.17, 15) is 9.59 Å². The number of nitrogens with zero attached hydrogens (tertiary/aromatic N) is 1. The van der Waals surface area contributed by atoms with Gasteiger partial charge in [0.25, 0.3) is 0 Å². The second-order valence-corrected chi connectivity index (χ2v) is 1.69. The van der Waals surface area contributed by atoms with E-state index in [0.717, 1.165) is 0 Å². The maximum absolute atomic E-state index is 9.88. The van der Waals surface area contributed by atoms with Crippen LogP contribution < -0.4 is 5.84 Å². The topological polar surface area (TPSA) is 104 Å². The minimum atomic E-state index is -1.15. The van der Waals surface area contributed by atoms with Gasteiger partial charge in [-0.2, -0.15) is 0 Å². The molecule has 11 heavy (non-hydrogen) atoms.